The molecule has 0 spiro atoms. The molecule has 4 nitrogen and oxygen atoms in total. The zero-order chi connectivity index (χ0) is 16.3. The number of halogens is 1. The first kappa shape index (κ1) is 16.7. The number of amides is 1. The molecule has 122 valence electrons. The van der Waals surface area contributed by atoms with E-state index in [4.69, 9.17) is 9.84 Å². The summed E-state index contributed by atoms with van der Waals surface area (Å²) in [6, 6.07) is 5.13. The Morgan fingerprint density at radius 3 is 2.55 bits per heavy atom. The molecule has 1 heterocycles. The van der Waals surface area contributed by atoms with E-state index in [2.05, 4.69) is 0 Å². The number of benzene rings is 1. The van der Waals surface area contributed by atoms with Gasteiger partial charge in [-0.1, -0.05) is 18.2 Å². The molecule has 1 aliphatic heterocycles. The van der Waals surface area contributed by atoms with Gasteiger partial charge in [-0.25, -0.2) is 9.18 Å². The third-order valence-corrected chi connectivity index (χ3v) is 3.87. The van der Waals surface area contributed by atoms with Gasteiger partial charge in [-0.2, -0.15) is 0 Å². The Kier molecular flexibility index (Phi) is 5.06. The zero-order valence-electron chi connectivity index (χ0n) is 13.4. The van der Waals surface area contributed by atoms with Crippen molar-refractivity contribution in [3.8, 4) is 0 Å². The normalized spacial score (nSPS) is 16.7. The molecule has 1 saturated heterocycles. The third-order valence-electron chi connectivity index (χ3n) is 3.87. The van der Waals surface area contributed by atoms with Gasteiger partial charge < -0.3 is 14.7 Å². The Bertz CT molecular complexity index is 531. The minimum Gasteiger partial charge on any atom is -0.444 e. The van der Waals surface area contributed by atoms with Crippen molar-refractivity contribution in [1.82, 2.24) is 4.90 Å². The Morgan fingerprint density at radius 1 is 1.36 bits per heavy atom. The van der Waals surface area contributed by atoms with Crippen LogP contribution in [0.15, 0.2) is 18.2 Å². The average molecular weight is 309 g/mol. The predicted octanol–water partition coefficient (Wildman–Crippen LogP) is 3.43. The molecule has 0 radical (unpaired) electrons. The number of aliphatic hydroxyl groups is 1. The van der Waals surface area contributed by atoms with Crippen molar-refractivity contribution >= 4 is 6.09 Å². The molecule has 0 atom stereocenters. The maximum atomic E-state index is 14.3. The smallest absolute Gasteiger partial charge is 0.410 e. The fourth-order valence-corrected chi connectivity index (χ4v) is 2.74. The lowest BCUT2D eigenvalue weighted by atomic mass is 9.88. The average Bonchev–Trinajstić information content (AvgIpc) is 2.46. The standard InChI is InChI=1S/C17H24FNO3/c1-17(2,3)22-16(21)19-9-7-12(8-10-19)14-6-4-5-13(11-20)15(14)18/h4-6,12,20H,7-11H2,1-3H3. The highest BCUT2D eigenvalue weighted by Crippen LogP contribution is 2.31. The molecular weight excluding hydrogens is 285 g/mol. The molecule has 0 saturated carbocycles. The van der Waals surface area contributed by atoms with E-state index in [1.165, 1.54) is 0 Å². The van der Waals surface area contributed by atoms with Crippen LogP contribution in [0.1, 0.15) is 50.7 Å². The lowest BCUT2D eigenvalue weighted by Gasteiger charge is -2.33. The lowest BCUT2D eigenvalue weighted by Crippen LogP contribution is -2.41. The van der Waals surface area contributed by atoms with Crippen LogP contribution < -0.4 is 0 Å². The Balaban J connectivity index is 1.99. The molecule has 0 unspecified atom stereocenters. The molecule has 0 bridgehead atoms. The van der Waals surface area contributed by atoms with Crippen molar-refractivity contribution in [3.63, 3.8) is 0 Å². The van der Waals surface area contributed by atoms with Crippen molar-refractivity contribution in [2.45, 2.75) is 51.7 Å². The number of carbonyl (C=O) groups excluding carboxylic acids is 1. The van der Waals surface area contributed by atoms with Crippen LogP contribution in [0, 0.1) is 5.82 Å². The molecule has 0 aromatic heterocycles. The highest BCUT2D eigenvalue weighted by molar-refractivity contribution is 5.68. The van der Waals surface area contributed by atoms with Crippen molar-refractivity contribution in [1.29, 1.82) is 0 Å². The number of nitrogens with zero attached hydrogens (tertiary/aromatic N) is 1. The zero-order valence-corrected chi connectivity index (χ0v) is 13.4. The summed E-state index contributed by atoms with van der Waals surface area (Å²) in [4.78, 5) is 13.7. The molecule has 1 aliphatic rings. The van der Waals surface area contributed by atoms with Crippen LogP contribution in [0.25, 0.3) is 0 Å². The first-order chi connectivity index (χ1) is 10.3. The molecule has 1 aromatic carbocycles. The minimum atomic E-state index is -0.504. The van der Waals surface area contributed by atoms with Gasteiger partial charge in [-0.15, -0.1) is 0 Å². The van der Waals surface area contributed by atoms with Crippen LogP contribution >= 0.6 is 0 Å². The topological polar surface area (TPSA) is 49.8 Å². The molecule has 1 amide bonds. The molecular formula is C17H24FNO3. The SMILES string of the molecule is CC(C)(C)OC(=O)N1CCC(c2cccc(CO)c2F)CC1. The summed E-state index contributed by atoms with van der Waals surface area (Å²) in [7, 11) is 0. The minimum absolute atomic E-state index is 0.0742. The molecule has 22 heavy (non-hydrogen) atoms. The van der Waals surface area contributed by atoms with Gasteiger partial charge in [0.05, 0.1) is 6.61 Å². The van der Waals surface area contributed by atoms with Crippen LogP contribution in [0.2, 0.25) is 0 Å². The number of carbonyl (C=O) groups is 1. The van der Waals surface area contributed by atoms with Crippen LogP contribution in [-0.2, 0) is 11.3 Å². The number of likely N-dealkylation sites (tertiary alicyclic amines) is 1. The van der Waals surface area contributed by atoms with Crippen LogP contribution in [0.5, 0.6) is 0 Å². The van der Waals surface area contributed by atoms with Crippen LogP contribution in [0.4, 0.5) is 9.18 Å². The first-order valence-corrected chi connectivity index (χ1v) is 7.68. The van der Waals surface area contributed by atoms with Crippen molar-refractivity contribution in [2.75, 3.05) is 13.1 Å². The van der Waals surface area contributed by atoms with Gasteiger partial charge in [0.15, 0.2) is 0 Å². The predicted molar refractivity (Wildman–Crippen MR) is 82.1 cm³/mol. The van der Waals surface area contributed by atoms with Gasteiger partial charge in [0, 0.05) is 18.7 Å². The number of hydrogen-bond donors (Lipinski definition) is 1. The second-order valence-electron chi connectivity index (χ2n) is 6.72. The van der Waals surface area contributed by atoms with Gasteiger partial charge in [-0.3, -0.25) is 0 Å². The maximum absolute atomic E-state index is 14.3. The number of ether oxygens (including phenoxy) is 1. The number of hydrogen-bond acceptors (Lipinski definition) is 3. The van der Waals surface area contributed by atoms with Gasteiger partial charge in [0.2, 0.25) is 0 Å². The monoisotopic (exact) mass is 309 g/mol. The van der Waals surface area contributed by atoms with Gasteiger partial charge in [0.25, 0.3) is 0 Å². The van der Waals surface area contributed by atoms with E-state index in [0.717, 1.165) is 0 Å². The lowest BCUT2D eigenvalue weighted by molar-refractivity contribution is 0.0204. The second kappa shape index (κ2) is 6.65. The van der Waals surface area contributed by atoms with Crippen molar-refractivity contribution in [3.05, 3.63) is 35.1 Å². The number of aliphatic hydroxyl groups excluding tert-OH is 1. The van der Waals surface area contributed by atoms with E-state index in [1.807, 2.05) is 20.8 Å². The number of piperidine rings is 1. The Labute approximate surface area is 130 Å². The van der Waals surface area contributed by atoms with Crippen molar-refractivity contribution in [2.24, 2.45) is 0 Å². The van der Waals surface area contributed by atoms with E-state index in [0.29, 0.717) is 37.1 Å². The summed E-state index contributed by atoms with van der Waals surface area (Å²) in [6.45, 7) is 6.34. The van der Waals surface area contributed by atoms with E-state index in [9.17, 15) is 9.18 Å². The summed E-state index contributed by atoms with van der Waals surface area (Å²) >= 11 is 0. The van der Waals surface area contributed by atoms with Crippen LogP contribution in [0.3, 0.4) is 0 Å². The van der Waals surface area contributed by atoms with E-state index >= 15 is 0 Å². The summed E-state index contributed by atoms with van der Waals surface area (Å²) in [5.74, 6) is -0.245. The molecule has 0 aliphatic carbocycles. The molecule has 2 rings (SSSR count). The van der Waals surface area contributed by atoms with E-state index in [-0.39, 0.29) is 24.4 Å². The summed E-state index contributed by atoms with van der Waals surface area (Å²) < 4.78 is 19.6. The largest absolute Gasteiger partial charge is 0.444 e. The quantitative estimate of drug-likeness (QED) is 0.910. The number of rotatable bonds is 2. The second-order valence-corrected chi connectivity index (χ2v) is 6.72. The summed E-state index contributed by atoms with van der Waals surface area (Å²) in [6.07, 6.45) is 1.09. The molecule has 1 fully saturated rings. The third kappa shape index (κ3) is 3.97. The Hall–Kier alpha value is -1.62. The molecule has 1 aromatic rings. The molecule has 1 N–H and O–H groups in total. The highest BCUT2D eigenvalue weighted by Gasteiger charge is 2.28. The summed E-state index contributed by atoms with van der Waals surface area (Å²) in [5, 5.41) is 9.15. The first-order valence-electron chi connectivity index (χ1n) is 7.68. The van der Waals surface area contributed by atoms with Crippen molar-refractivity contribution < 1.29 is 19.0 Å². The maximum Gasteiger partial charge on any atom is 0.410 e. The van der Waals surface area contributed by atoms with Gasteiger partial charge in [-0.05, 0) is 45.1 Å². The van der Waals surface area contributed by atoms with Crippen LogP contribution in [-0.4, -0.2) is 34.8 Å². The summed E-state index contributed by atoms with van der Waals surface area (Å²) in [5.41, 5.74) is 0.456. The highest BCUT2D eigenvalue weighted by atomic mass is 19.1. The van der Waals surface area contributed by atoms with Gasteiger partial charge in [0.1, 0.15) is 11.4 Å². The molecule has 5 heteroatoms. The fraction of sp³-hybridized carbons (Fsp3) is 0.588. The fourth-order valence-electron chi connectivity index (χ4n) is 2.74. The van der Waals surface area contributed by atoms with E-state index < -0.39 is 5.60 Å². The van der Waals surface area contributed by atoms with Gasteiger partial charge >= 0.3 is 6.09 Å². The van der Waals surface area contributed by atoms with E-state index in [1.54, 1.807) is 23.1 Å². The Morgan fingerprint density at radius 2 is 2.00 bits per heavy atom.